The van der Waals surface area contributed by atoms with Crippen LogP contribution in [0.5, 0.6) is 0 Å². The fourth-order valence-electron chi connectivity index (χ4n) is 3.57. The van der Waals surface area contributed by atoms with Crippen molar-refractivity contribution >= 4 is 30.6 Å². The van der Waals surface area contributed by atoms with Crippen LogP contribution in [-0.2, 0) is 19.5 Å². The van der Waals surface area contributed by atoms with Gasteiger partial charge in [0.25, 0.3) is 5.56 Å². The molecular formula is C24H23LiN5O3. The zero-order valence-corrected chi connectivity index (χ0v) is 18.6. The molecule has 9 heteroatoms. The Bertz CT molecular complexity index is 1350. The molecule has 0 aliphatic rings. The number of hydrogen-bond donors (Lipinski definition) is 2. The molecule has 3 N–H and O–H groups in total. The van der Waals surface area contributed by atoms with Crippen LogP contribution in [-0.4, -0.2) is 49.5 Å². The van der Waals surface area contributed by atoms with E-state index in [0.29, 0.717) is 23.6 Å². The maximum atomic E-state index is 12.4. The minimum atomic E-state index is -1.01. The van der Waals surface area contributed by atoms with Crippen LogP contribution >= 0.6 is 0 Å². The van der Waals surface area contributed by atoms with Crippen LogP contribution in [0.25, 0.3) is 11.3 Å². The zero-order chi connectivity index (χ0) is 22.7. The average Bonchev–Trinajstić information content (AvgIpc) is 3.11. The third-order valence-corrected chi connectivity index (χ3v) is 5.21. The van der Waals surface area contributed by atoms with E-state index in [4.69, 9.17) is 5.73 Å². The fraction of sp³-hybridized carbons (Fsp3) is 0.167. The van der Waals surface area contributed by atoms with Crippen LogP contribution in [0, 0.1) is 6.92 Å². The van der Waals surface area contributed by atoms with E-state index in [1.54, 1.807) is 24.3 Å². The molecule has 8 nitrogen and oxygen atoms in total. The Morgan fingerprint density at radius 3 is 2.45 bits per heavy atom. The Morgan fingerprint density at radius 1 is 0.970 bits per heavy atom. The summed E-state index contributed by atoms with van der Waals surface area (Å²) in [6, 6.07) is 19.5. The average molecular weight is 436 g/mol. The molecule has 0 unspecified atom stereocenters. The topological polar surface area (TPSA) is 116 Å². The van der Waals surface area contributed by atoms with E-state index in [-0.39, 0.29) is 36.5 Å². The normalized spacial score (nSPS) is 10.6. The van der Waals surface area contributed by atoms with E-state index in [1.807, 2.05) is 41.9 Å². The number of benzene rings is 2. The van der Waals surface area contributed by atoms with Gasteiger partial charge in [-0.25, -0.2) is 9.48 Å². The number of nitrogen functional groups attached to an aromatic ring is 1. The van der Waals surface area contributed by atoms with Crippen molar-refractivity contribution < 1.29 is 9.90 Å². The molecular weight excluding hydrogens is 413 g/mol. The Labute approximate surface area is 202 Å². The Balaban J connectivity index is 0.00000306. The molecule has 33 heavy (non-hydrogen) atoms. The molecule has 0 aliphatic carbocycles. The molecule has 2 heterocycles. The van der Waals surface area contributed by atoms with Crippen LogP contribution in [0.1, 0.15) is 27.2 Å². The monoisotopic (exact) mass is 436 g/mol. The van der Waals surface area contributed by atoms with E-state index in [1.165, 1.54) is 16.8 Å². The number of hydrogen-bond acceptors (Lipinski definition) is 5. The molecule has 0 saturated heterocycles. The molecule has 2 aromatic carbocycles. The molecule has 0 fully saturated rings. The number of carboxylic acids is 1. The van der Waals surface area contributed by atoms with Crippen molar-refractivity contribution in [1.82, 2.24) is 19.6 Å². The van der Waals surface area contributed by atoms with Gasteiger partial charge in [-0.2, -0.15) is 10.2 Å². The largest absolute Gasteiger partial charge is 0.478 e. The summed E-state index contributed by atoms with van der Waals surface area (Å²) in [5, 5.41) is 18.0. The van der Waals surface area contributed by atoms with Gasteiger partial charge in [0.15, 0.2) is 0 Å². The van der Waals surface area contributed by atoms with Gasteiger partial charge in [0.2, 0.25) is 0 Å². The van der Waals surface area contributed by atoms with Crippen molar-refractivity contribution in [2.45, 2.75) is 26.4 Å². The Kier molecular flexibility index (Phi) is 7.54. The summed E-state index contributed by atoms with van der Waals surface area (Å²) in [4.78, 5) is 23.6. The number of rotatable bonds is 7. The van der Waals surface area contributed by atoms with Gasteiger partial charge in [0.05, 0.1) is 17.8 Å². The second-order valence-electron chi connectivity index (χ2n) is 7.60. The molecule has 2 aromatic heterocycles. The minimum absolute atomic E-state index is 0. The van der Waals surface area contributed by atoms with Crippen molar-refractivity contribution in [3.63, 3.8) is 0 Å². The summed E-state index contributed by atoms with van der Waals surface area (Å²) in [5.74, 6) is -0.498. The first-order valence-corrected chi connectivity index (χ1v) is 10.2. The molecule has 4 rings (SSSR count). The van der Waals surface area contributed by atoms with Crippen molar-refractivity contribution in [2.24, 2.45) is 0 Å². The third-order valence-electron chi connectivity index (χ3n) is 5.21. The van der Waals surface area contributed by atoms with E-state index in [2.05, 4.69) is 10.2 Å². The summed E-state index contributed by atoms with van der Waals surface area (Å²) in [6.45, 7) is 2.87. The molecule has 0 bridgehead atoms. The Morgan fingerprint density at radius 2 is 1.73 bits per heavy atom. The quantitative estimate of drug-likeness (QED) is 0.430. The van der Waals surface area contributed by atoms with E-state index < -0.39 is 5.97 Å². The first kappa shape index (κ1) is 24.0. The molecule has 163 valence electrons. The predicted molar refractivity (Wildman–Crippen MR) is 127 cm³/mol. The molecule has 1 radical (unpaired) electrons. The standard InChI is InChI=1S/C24H23N5O3.Li/c1-16-12-22(25)27-28(16)11-10-17-4-2-6-19(13-17)21-8-9-23(30)29(26-21)15-18-5-3-7-20(14-18)24(31)32;/h2-9,12-14H,10-11,15H2,1H3,(H2,25,27)(H,31,32);. The zero-order valence-electron chi connectivity index (χ0n) is 18.6. The van der Waals surface area contributed by atoms with Crippen molar-refractivity contribution in [2.75, 3.05) is 5.73 Å². The molecule has 0 saturated carbocycles. The molecule has 0 amide bonds. The summed E-state index contributed by atoms with van der Waals surface area (Å²) >= 11 is 0. The first-order chi connectivity index (χ1) is 15.4. The second kappa shape index (κ2) is 10.3. The SMILES string of the molecule is Cc1cc(N)nn1CCc1cccc(-c2ccc(=O)n(Cc3cccc(C(=O)O)c3)n2)c1.[Li]. The number of aromatic carboxylic acids is 1. The van der Waals surface area contributed by atoms with E-state index in [9.17, 15) is 14.7 Å². The van der Waals surface area contributed by atoms with Crippen molar-refractivity contribution in [1.29, 1.82) is 0 Å². The van der Waals surface area contributed by atoms with Gasteiger partial charge >= 0.3 is 5.97 Å². The maximum Gasteiger partial charge on any atom is 0.335 e. The molecule has 0 aliphatic heterocycles. The molecule has 0 spiro atoms. The summed E-state index contributed by atoms with van der Waals surface area (Å²) in [5.41, 5.74) is 10.1. The van der Waals surface area contributed by atoms with Crippen LogP contribution in [0.15, 0.2) is 71.5 Å². The summed E-state index contributed by atoms with van der Waals surface area (Å²) in [6.07, 6.45) is 0.775. The number of nitrogens with two attached hydrogens (primary N) is 1. The first-order valence-electron chi connectivity index (χ1n) is 10.2. The summed E-state index contributed by atoms with van der Waals surface area (Å²) < 4.78 is 3.23. The van der Waals surface area contributed by atoms with Gasteiger partial charge in [0.1, 0.15) is 5.82 Å². The molecule has 0 atom stereocenters. The summed E-state index contributed by atoms with van der Waals surface area (Å²) in [7, 11) is 0. The van der Waals surface area contributed by atoms with Gasteiger partial charge < -0.3 is 10.8 Å². The number of aromatic nitrogens is 4. The minimum Gasteiger partial charge on any atom is -0.478 e. The number of anilines is 1. The van der Waals surface area contributed by atoms with E-state index in [0.717, 1.165) is 23.2 Å². The van der Waals surface area contributed by atoms with Gasteiger partial charge in [-0.3, -0.25) is 9.48 Å². The second-order valence-corrected chi connectivity index (χ2v) is 7.60. The number of nitrogens with zero attached hydrogens (tertiary/aromatic N) is 4. The van der Waals surface area contributed by atoms with Gasteiger partial charge in [0, 0.05) is 48.8 Å². The van der Waals surface area contributed by atoms with Crippen LogP contribution in [0.2, 0.25) is 0 Å². The van der Waals surface area contributed by atoms with Gasteiger partial charge in [-0.15, -0.1) is 0 Å². The molecule has 4 aromatic rings. The Hall–Kier alpha value is -3.60. The predicted octanol–water partition coefficient (Wildman–Crippen LogP) is 2.61. The van der Waals surface area contributed by atoms with Crippen molar-refractivity contribution in [3.05, 3.63) is 99.5 Å². The van der Waals surface area contributed by atoms with E-state index >= 15 is 0 Å². The number of carbonyl (C=O) groups is 1. The number of carboxylic acid groups (broad SMARTS) is 1. The van der Waals surface area contributed by atoms with Gasteiger partial charge in [-0.1, -0.05) is 30.3 Å². The maximum absolute atomic E-state index is 12.4. The van der Waals surface area contributed by atoms with Crippen molar-refractivity contribution in [3.8, 4) is 11.3 Å². The number of aryl methyl sites for hydroxylation is 3. The van der Waals surface area contributed by atoms with Crippen LogP contribution in [0.3, 0.4) is 0 Å². The van der Waals surface area contributed by atoms with Gasteiger partial charge in [-0.05, 0) is 48.7 Å². The fourth-order valence-corrected chi connectivity index (χ4v) is 3.57. The van der Waals surface area contributed by atoms with Crippen LogP contribution in [0.4, 0.5) is 5.82 Å². The third kappa shape index (κ3) is 5.80. The van der Waals surface area contributed by atoms with Crippen LogP contribution < -0.4 is 11.3 Å². The smallest absolute Gasteiger partial charge is 0.335 e.